The van der Waals surface area contributed by atoms with Gasteiger partial charge in [-0.3, -0.25) is 0 Å². The van der Waals surface area contributed by atoms with Crippen LogP contribution in [-0.2, 0) is 14.6 Å². The highest BCUT2D eigenvalue weighted by Gasteiger charge is 2.37. The van der Waals surface area contributed by atoms with Crippen LogP contribution in [0.5, 0.6) is 5.75 Å². The van der Waals surface area contributed by atoms with Crippen LogP contribution in [0.15, 0.2) is 24.3 Å². The van der Waals surface area contributed by atoms with E-state index < -0.39 is 28.0 Å². The van der Waals surface area contributed by atoms with Crippen molar-refractivity contribution in [1.29, 1.82) is 0 Å². The van der Waals surface area contributed by atoms with Gasteiger partial charge < -0.3 is 15.2 Å². The van der Waals surface area contributed by atoms with Crippen LogP contribution in [0.1, 0.15) is 10.4 Å². The largest absolute Gasteiger partial charge is 0.487 e. The smallest absolute Gasteiger partial charge is 0.341 e. The minimum atomic E-state index is -3.17. The maximum atomic E-state index is 11.6. The third-order valence-electron chi connectivity index (χ3n) is 2.91. The topological polar surface area (TPSA) is 95.7 Å². The molecule has 2 atom stereocenters. The van der Waals surface area contributed by atoms with Gasteiger partial charge in [-0.15, -0.1) is 0 Å². The van der Waals surface area contributed by atoms with Crippen molar-refractivity contribution in [3.8, 4) is 5.75 Å². The predicted octanol–water partition coefficient (Wildman–Crippen LogP) is -0.0237. The summed E-state index contributed by atoms with van der Waals surface area (Å²) >= 11 is 0. The average Bonchev–Trinajstić information content (AvgIpc) is 2.62. The highest BCUT2D eigenvalue weighted by molar-refractivity contribution is 7.91. The molecule has 104 valence electrons. The lowest BCUT2D eigenvalue weighted by atomic mass is 10.2. The Morgan fingerprint density at radius 2 is 2.00 bits per heavy atom. The van der Waals surface area contributed by atoms with E-state index in [4.69, 9.17) is 10.5 Å². The van der Waals surface area contributed by atoms with Gasteiger partial charge in [-0.1, -0.05) is 12.1 Å². The van der Waals surface area contributed by atoms with Gasteiger partial charge in [0.25, 0.3) is 0 Å². The molecule has 1 aliphatic rings. The molecule has 6 nitrogen and oxygen atoms in total. The second-order valence-corrected chi connectivity index (χ2v) is 6.54. The fourth-order valence-corrected chi connectivity index (χ4v) is 3.73. The highest BCUT2D eigenvalue weighted by Crippen LogP contribution is 2.23. The average molecular weight is 285 g/mol. The van der Waals surface area contributed by atoms with Gasteiger partial charge in [0.2, 0.25) is 0 Å². The molecule has 1 aromatic rings. The number of carbonyl (C=O) groups is 1. The van der Waals surface area contributed by atoms with Gasteiger partial charge in [0.05, 0.1) is 24.7 Å². The van der Waals surface area contributed by atoms with Crippen molar-refractivity contribution >= 4 is 15.8 Å². The molecule has 2 N–H and O–H groups in total. The minimum absolute atomic E-state index is 0.0991. The molecule has 0 radical (unpaired) electrons. The summed E-state index contributed by atoms with van der Waals surface area (Å²) in [6.45, 7) is 0. The van der Waals surface area contributed by atoms with Crippen LogP contribution < -0.4 is 10.5 Å². The van der Waals surface area contributed by atoms with Gasteiger partial charge >= 0.3 is 5.97 Å². The normalized spacial score (nSPS) is 24.9. The van der Waals surface area contributed by atoms with Gasteiger partial charge in [0, 0.05) is 0 Å². The van der Waals surface area contributed by atoms with E-state index in [0.717, 1.165) is 0 Å². The first-order chi connectivity index (χ1) is 8.93. The van der Waals surface area contributed by atoms with Crippen LogP contribution in [0.25, 0.3) is 0 Å². The quantitative estimate of drug-likeness (QED) is 0.784. The summed E-state index contributed by atoms with van der Waals surface area (Å²) < 4.78 is 33.1. The lowest BCUT2D eigenvalue weighted by Crippen LogP contribution is -2.37. The van der Waals surface area contributed by atoms with E-state index in [-0.39, 0.29) is 22.8 Å². The van der Waals surface area contributed by atoms with Gasteiger partial charge in [0.1, 0.15) is 17.4 Å². The van der Waals surface area contributed by atoms with Crippen molar-refractivity contribution in [2.24, 2.45) is 5.73 Å². The summed E-state index contributed by atoms with van der Waals surface area (Å²) in [4.78, 5) is 11.6. The van der Waals surface area contributed by atoms with Crippen molar-refractivity contribution in [2.45, 2.75) is 12.1 Å². The fourth-order valence-electron chi connectivity index (χ4n) is 1.97. The Bertz CT molecular complexity index is 584. The molecule has 0 aromatic heterocycles. The maximum Gasteiger partial charge on any atom is 0.341 e. The Labute approximate surface area is 111 Å². The van der Waals surface area contributed by atoms with Gasteiger partial charge in [0.15, 0.2) is 9.84 Å². The summed E-state index contributed by atoms with van der Waals surface area (Å²) in [6.07, 6.45) is -0.643. The first-order valence-corrected chi connectivity index (χ1v) is 7.55. The minimum Gasteiger partial charge on any atom is -0.487 e. The van der Waals surface area contributed by atoms with Crippen molar-refractivity contribution in [3.63, 3.8) is 0 Å². The molecule has 1 aromatic carbocycles. The number of rotatable bonds is 3. The first-order valence-electron chi connectivity index (χ1n) is 5.73. The van der Waals surface area contributed by atoms with Gasteiger partial charge in [-0.05, 0) is 12.1 Å². The zero-order chi connectivity index (χ0) is 14.0. The number of sulfone groups is 1. The summed E-state index contributed by atoms with van der Waals surface area (Å²) in [5.74, 6) is -0.487. The number of nitrogens with two attached hydrogens (primary N) is 1. The Kier molecular flexibility index (Phi) is 3.77. The third kappa shape index (κ3) is 3.05. The monoisotopic (exact) mass is 285 g/mol. The summed E-state index contributed by atoms with van der Waals surface area (Å²) in [6, 6.07) is 5.91. The Hall–Kier alpha value is -1.60. The molecule has 2 unspecified atom stereocenters. The summed E-state index contributed by atoms with van der Waals surface area (Å²) in [5.41, 5.74) is 5.99. The second-order valence-electron chi connectivity index (χ2n) is 4.38. The number of hydrogen-bond donors (Lipinski definition) is 1. The molecule has 2 rings (SSSR count). The Morgan fingerprint density at radius 3 is 2.58 bits per heavy atom. The fraction of sp³-hybridized carbons (Fsp3) is 0.417. The second kappa shape index (κ2) is 5.18. The van der Waals surface area contributed by atoms with E-state index >= 15 is 0 Å². The van der Waals surface area contributed by atoms with E-state index in [1.165, 1.54) is 7.11 Å². The molecule has 1 heterocycles. The Morgan fingerprint density at radius 1 is 1.32 bits per heavy atom. The number of methoxy groups -OCH3 is 1. The zero-order valence-electron chi connectivity index (χ0n) is 10.4. The molecule has 0 spiro atoms. The van der Waals surface area contributed by atoms with Crippen LogP contribution >= 0.6 is 0 Å². The lowest BCUT2D eigenvalue weighted by molar-refractivity contribution is 0.0593. The molecular formula is C12H15NO5S. The molecule has 0 bridgehead atoms. The van der Waals surface area contributed by atoms with Crippen LogP contribution in [0, 0.1) is 0 Å². The molecule has 7 heteroatoms. The number of esters is 1. The first kappa shape index (κ1) is 13.8. The third-order valence-corrected chi connectivity index (χ3v) is 4.64. The standard InChI is InChI=1S/C12H15NO5S/c1-17-12(14)8-4-2-3-5-10(8)18-11-7-19(15,16)6-9(11)13/h2-5,9,11H,6-7,13H2,1H3. The van der Waals surface area contributed by atoms with Crippen molar-refractivity contribution < 1.29 is 22.7 Å². The molecule has 0 saturated carbocycles. The molecule has 1 aliphatic heterocycles. The maximum absolute atomic E-state index is 11.6. The van der Waals surface area contributed by atoms with Gasteiger partial charge in [-0.25, -0.2) is 13.2 Å². The Balaban J connectivity index is 2.23. The summed E-state index contributed by atoms with van der Waals surface area (Å²) in [5, 5.41) is 0. The van der Waals surface area contributed by atoms with Crippen LogP contribution in [0.3, 0.4) is 0 Å². The van der Waals surface area contributed by atoms with Crippen molar-refractivity contribution in [1.82, 2.24) is 0 Å². The van der Waals surface area contributed by atoms with E-state index in [2.05, 4.69) is 4.74 Å². The van der Waals surface area contributed by atoms with Crippen LogP contribution in [0.2, 0.25) is 0 Å². The number of para-hydroxylation sites is 1. The van der Waals surface area contributed by atoms with E-state index in [1.54, 1.807) is 24.3 Å². The summed E-state index contributed by atoms with van der Waals surface area (Å²) in [7, 11) is -1.90. The van der Waals surface area contributed by atoms with Crippen molar-refractivity contribution in [2.75, 3.05) is 18.6 Å². The zero-order valence-corrected chi connectivity index (χ0v) is 11.2. The molecule has 1 saturated heterocycles. The predicted molar refractivity (Wildman–Crippen MR) is 68.8 cm³/mol. The molecular weight excluding hydrogens is 270 g/mol. The number of carbonyl (C=O) groups excluding carboxylic acids is 1. The number of hydrogen-bond acceptors (Lipinski definition) is 6. The van der Waals surface area contributed by atoms with Crippen LogP contribution in [-0.4, -0.2) is 45.1 Å². The van der Waals surface area contributed by atoms with E-state index in [1.807, 2.05) is 0 Å². The van der Waals surface area contributed by atoms with E-state index in [9.17, 15) is 13.2 Å². The van der Waals surface area contributed by atoms with E-state index in [0.29, 0.717) is 0 Å². The molecule has 19 heavy (non-hydrogen) atoms. The number of benzene rings is 1. The lowest BCUT2D eigenvalue weighted by Gasteiger charge is -2.18. The SMILES string of the molecule is COC(=O)c1ccccc1OC1CS(=O)(=O)CC1N. The molecule has 0 amide bonds. The van der Waals surface area contributed by atoms with Crippen LogP contribution in [0.4, 0.5) is 0 Å². The highest BCUT2D eigenvalue weighted by atomic mass is 32.2. The molecule has 1 fully saturated rings. The van der Waals surface area contributed by atoms with Gasteiger partial charge in [-0.2, -0.15) is 0 Å². The van der Waals surface area contributed by atoms with Crippen molar-refractivity contribution in [3.05, 3.63) is 29.8 Å². The number of ether oxygens (including phenoxy) is 2. The molecule has 0 aliphatic carbocycles.